The van der Waals surface area contributed by atoms with E-state index in [1.165, 1.54) is 218 Å². The largest absolute Gasteiger partial charge is 0.412 e. The second kappa shape index (κ2) is 42.4. The molecular weight excluding hydrogens is 847 g/mol. The summed E-state index contributed by atoms with van der Waals surface area (Å²) in [5, 5.41) is 0.178. The summed E-state index contributed by atoms with van der Waals surface area (Å²) in [5.74, 6) is 0.129. The Balaban J connectivity index is 4.69. The highest BCUT2D eigenvalue weighted by Crippen LogP contribution is 2.39. The lowest BCUT2D eigenvalue weighted by molar-refractivity contribution is -0.141. The first-order valence-corrected chi connectivity index (χ1v) is 35.1. The van der Waals surface area contributed by atoms with E-state index in [0.29, 0.717) is 19.8 Å². The lowest BCUT2D eigenvalue weighted by atomic mass is 10.0. The van der Waals surface area contributed by atoms with Crippen LogP contribution in [-0.4, -0.2) is 73.2 Å². The van der Waals surface area contributed by atoms with Gasteiger partial charge in [0.05, 0.1) is 19.8 Å². The first-order valence-electron chi connectivity index (χ1n) is 29.3. The van der Waals surface area contributed by atoms with Crippen molar-refractivity contribution in [2.45, 2.75) is 329 Å². The predicted octanol–water partition coefficient (Wildman–Crippen LogP) is 19.3. The fourth-order valence-electron chi connectivity index (χ4n) is 8.37. The van der Waals surface area contributed by atoms with E-state index >= 15 is 0 Å². The summed E-state index contributed by atoms with van der Waals surface area (Å²) in [7, 11) is -4.05. The van der Waals surface area contributed by atoms with Gasteiger partial charge in [0, 0.05) is 13.1 Å². The molecule has 66 heavy (non-hydrogen) atoms. The van der Waals surface area contributed by atoms with Crippen LogP contribution in [0.1, 0.15) is 287 Å². The molecule has 0 aromatic heterocycles. The van der Waals surface area contributed by atoms with Gasteiger partial charge in [0.2, 0.25) is 5.91 Å². The Hall–Kier alpha value is -0.256. The maximum atomic E-state index is 13.6. The summed E-state index contributed by atoms with van der Waals surface area (Å²) in [6.07, 6.45) is 49.1. The third-order valence-electron chi connectivity index (χ3n) is 15.3. The highest BCUT2D eigenvalue weighted by molar-refractivity contribution is 6.74. The van der Waals surface area contributed by atoms with E-state index in [4.69, 9.17) is 18.3 Å². The van der Waals surface area contributed by atoms with Crippen LogP contribution in [0.4, 0.5) is 0 Å². The van der Waals surface area contributed by atoms with Gasteiger partial charge in [0.25, 0.3) is 0 Å². The normalized spacial score (nSPS) is 13.2. The molecule has 6 nitrogen and oxygen atoms in total. The van der Waals surface area contributed by atoms with E-state index in [2.05, 4.69) is 86.5 Å². The Bertz CT molecular complexity index is 1020. The minimum absolute atomic E-state index is 0.0653. The number of carbonyl (C=O) groups excluding carboxylic acids is 1. The van der Waals surface area contributed by atoms with Crippen LogP contribution in [-0.2, 0) is 23.1 Å². The Labute approximate surface area is 417 Å². The SMILES string of the molecule is CCCCCCCCCCCCCCCCCCCCN(CCCCCCCCCCCCCCCCCCCC)C(=O)COCCOC(CO[Si](C)(C)C(C)(C)C)O[Si](C)(C)C(C)(C)C. The van der Waals surface area contributed by atoms with Crippen LogP contribution in [0.2, 0.25) is 36.3 Å². The minimum Gasteiger partial charge on any atom is -0.412 e. The summed E-state index contributed by atoms with van der Waals surface area (Å²) in [6, 6.07) is 0. The Kier molecular flexibility index (Phi) is 42.3. The fourth-order valence-corrected chi connectivity index (χ4v) is 10.5. The second-order valence-electron chi connectivity index (χ2n) is 23.7. The number of unbranched alkanes of at least 4 members (excludes halogenated alkanes) is 34. The zero-order valence-electron chi connectivity index (χ0n) is 47.3. The average molecular weight is 969 g/mol. The number of carbonyl (C=O) groups is 1. The molecule has 1 amide bonds. The smallest absolute Gasteiger partial charge is 0.248 e. The molecule has 0 heterocycles. The van der Waals surface area contributed by atoms with Gasteiger partial charge in [-0.1, -0.05) is 274 Å². The van der Waals surface area contributed by atoms with Crippen LogP contribution in [0.15, 0.2) is 0 Å². The van der Waals surface area contributed by atoms with Crippen molar-refractivity contribution in [2.24, 2.45) is 0 Å². The molecule has 1 atom stereocenters. The van der Waals surface area contributed by atoms with Crippen molar-refractivity contribution in [1.82, 2.24) is 4.90 Å². The molecule has 0 aliphatic rings. The van der Waals surface area contributed by atoms with Crippen molar-refractivity contribution in [3.8, 4) is 0 Å². The monoisotopic (exact) mass is 968 g/mol. The molecule has 1 unspecified atom stereocenters. The van der Waals surface area contributed by atoms with Crippen LogP contribution in [0.5, 0.6) is 0 Å². The minimum atomic E-state index is -2.08. The molecule has 0 spiro atoms. The summed E-state index contributed by atoms with van der Waals surface area (Å²) >= 11 is 0. The second-order valence-corrected chi connectivity index (χ2v) is 33.3. The van der Waals surface area contributed by atoms with Crippen molar-refractivity contribution >= 4 is 22.5 Å². The molecular formula is C58H121NO5Si2. The number of hydrogen-bond donors (Lipinski definition) is 0. The molecule has 0 aromatic rings. The molecule has 0 saturated carbocycles. The number of nitrogens with zero attached hydrogens (tertiary/aromatic N) is 1. The summed E-state index contributed by atoms with van der Waals surface area (Å²) in [6.45, 7) is 30.2. The van der Waals surface area contributed by atoms with Gasteiger partial charge in [-0.25, -0.2) is 0 Å². The fraction of sp³-hybridized carbons (Fsp3) is 0.983. The van der Waals surface area contributed by atoms with Gasteiger partial charge in [-0.15, -0.1) is 0 Å². The van der Waals surface area contributed by atoms with Crippen LogP contribution in [0.25, 0.3) is 0 Å². The van der Waals surface area contributed by atoms with Crippen molar-refractivity contribution in [2.75, 3.05) is 39.5 Å². The van der Waals surface area contributed by atoms with E-state index in [1.807, 2.05) is 0 Å². The third-order valence-corrected chi connectivity index (χ3v) is 24.3. The van der Waals surface area contributed by atoms with Gasteiger partial charge in [-0.3, -0.25) is 4.79 Å². The Morgan fingerprint density at radius 1 is 0.424 bits per heavy atom. The van der Waals surface area contributed by atoms with Gasteiger partial charge in [0.1, 0.15) is 6.61 Å². The quantitative estimate of drug-likeness (QED) is 0.0345. The number of hydrogen-bond acceptors (Lipinski definition) is 5. The van der Waals surface area contributed by atoms with Crippen molar-refractivity contribution in [3.63, 3.8) is 0 Å². The molecule has 0 rings (SSSR count). The standard InChI is InChI=1S/C58H121NO5Si2/c1-13-15-17-19-21-23-25-27-29-31-33-35-37-39-41-43-45-47-49-59(50-48-46-44-42-40-38-36-34-32-30-28-26-24-22-20-18-16-14-2)55(60)53-61-51-52-62-56(64-66(11,12)58(6,7)8)54-63-65(9,10)57(3,4)5/h56H,13-54H2,1-12H3. The molecule has 0 radical (unpaired) electrons. The molecule has 396 valence electrons. The number of rotatable bonds is 49. The van der Waals surface area contributed by atoms with E-state index in [-0.39, 0.29) is 22.6 Å². The van der Waals surface area contributed by atoms with E-state index in [1.54, 1.807) is 0 Å². The summed E-state index contributed by atoms with van der Waals surface area (Å²) < 4.78 is 25.6. The molecule has 8 heteroatoms. The molecule has 0 N–H and O–H groups in total. The lowest BCUT2D eigenvalue weighted by Crippen LogP contribution is -2.48. The van der Waals surface area contributed by atoms with E-state index in [0.717, 1.165) is 25.9 Å². The third kappa shape index (κ3) is 38.5. The van der Waals surface area contributed by atoms with Gasteiger partial charge >= 0.3 is 0 Å². The predicted molar refractivity (Wildman–Crippen MR) is 296 cm³/mol. The molecule has 0 aromatic carbocycles. The zero-order chi connectivity index (χ0) is 49.3. The summed E-state index contributed by atoms with van der Waals surface area (Å²) in [5.41, 5.74) is 0. The van der Waals surface area contributed by atoms with Gasteiger partial charge in [-0.05, 0) is 49.1 Å². The van der Waals surface area contributed by atoms with Crippen LogP contribution >= 0.6 is 0 Å². The van der Waals surface area contributed by atoms with Gasteiger partial charge < -0.3 is 23.2 Å². The summed E-state index contributed by atoms with van der Waals surface area (Å²) in [4.78, 5) is 15.7. The molecule has 0 fully saturated rings. The topological polar surface area (TPSA) is 57.2 Å². The van der Waals surface area contributed by atoms with Crippen molar-refractivity contribution < 1.29 is 23.1 Å². The molecule has 0 aliphatic heterocycles. The highest BCUT2D eigenvalue weighted by Gasteiger charge is 2.41. The van der Waals surface area contributed by atoms with Crippen LogP contribution < -0.4 is 0 Å². The van der Waals surface area contributed by atoms with Crippen LogP contribution in [0.3, 0.4) is 0 Å². The van der Waals surface area contributed by atoms with Crippen LogP contribution in [0, 0.1) is 0 Å². The number of ether oxygens (including phenoxy) is 2. The highest BCUT2D eigenvalue weighted by atomic mass is 28.4. The Morgan fingerprint density at radius 2 is 0.712 bits per heavy atom. The van der Waals surface area contributed by atoms with Crippen molar-refractivity contribution in [3.05, 3.63) is 0 Å². The Morgan fingerprint density at radius 3 is 1.00 bits per heavy atom. The maximum absolute atomic E-state index is 13.6. The molecule has 0 bridgehead atoms. The zero-order valence-corrected chi connectivity index (χ0v) is 49.3. The maximum Gasteiger partial charge on any atom is 0.248 e. The molecule has 0 saturated heterocycles. The van der Waals surface area contributed by atoms with Gasteiger partial charge in [0.15, 0.2) is 22.9 Å². The first-order chi connectivity index (χ1) is 31.5. The van der Waals surface area contributed by atoms with E-state index in [9.17, 15) is 4.79 Å². The lowest BCUT2D eigenvalue weighted by Gasteiger charge is -2.41. The number of amides is 1. The van der Waals surface area contributed by atoms with Gasteiger partial charge in [-0.2, -0.15) is 0 Å². The average Bonchev–Trinajstić information content (AvgIpc) is 3.25. The van der Waals surface area contributed by atoms with Crippen molar-refractivity contribution in [1.29, 1.82) is 0 Å². The molecule has 0 aliphatic carbocycles. The van der Waals surface area contributed by atoms with E-state index < -0.39 is 22.9 Å². The first kappa shape index (κ1) is 65.7.